The molecule has 0 spiro atoms. The molecular weight excluding hydrogens is 338 g/mol. The van der Waals surface area contributed by atoms with Crippen molar-refractivity contribution in [3.8, 4) is 0 Å². The minimum absolute atomic E-state index is 0. The van der Waals surface area contributed by atoms with E-state index in [1.165, 1.54) is 0 Å². The summed E-state index contributed by atoms with van der Waals surface area (Å²) in [5, 5.41) is 4.29. The van der Waals surface area contributed by atoms with E-state index in [-0.39, 0.29) is 12.4 Å². The summed E-state index contributed by atoms with van der Waals surface area (Å²) < 4.78 is 0. The zero-order valence-corrected chi connectivity index (χ0v) is 17.8. The third kappa shape index (κ3) is 2.66. The molecule has 2 unspecified atom stereocenters. The fraction of sp³-hybridized carbons (Fsp3) is 1.00. The van der Waals surface area contributed by atoms with Gasteiger partial charge in [0.2, 0.25) is 0 Å². The van der Waals surface area contributed by atoms with Crippen molar-refractivity contribution in [2.24, 2.45) is 46.3 Å². The molecule has 8 fully saturated rings. The molecular formula is C24H40ClN. The number of halogens is 1. The second kappa shape index (κ2) is 6.12. The maximum absolute atomic E-state index is 4.29. The molecule has 2 atom stereocenters. The fourth-order valence-electron chi connectivity index (χ4n) is 10.1. The topological polar surface area (TPSA) is 12.0 Å². The van der Waals surface area contributed by atoms with Crippen LogP contribution < -0.4 is 5.32 Å². The van der Waals surface area contributed by atoms with Gasteiger partial charge in [0.25, 0.3) is 0 Å². The molecule has 0 radical (unpaired) electrons. The molecule has 0 saturated heterocycles. The first-order valence-electron chi connectivity index (χ1n) is 11.8. The molecule has 0 aliphatic heterocycles. The fourth-order valence-corrected chi connectivity index (χ4v) is 10.1. The summed E-state index contributed by atoms with van der Waals surface area (Å²) in [6.07, 6.45) is 18.8. The summed E-state index contributed by atoms with van der Waals surface area (Å²) in [5.74, 6) is 6.53. The number of rotatable bonds is 4. The normalized spacial score (nSPS) is 55.6. The van der Waals surface area contributed by atoms with Gasteiger partial charge in [-0.2, -0.15) is 0 Å². The Morgan fingerprint density at radius 2 is 0.769 bits per heavy atom. The summed E-state index contributed by atoms with van der Waals surface area (Å²) >= 11 is 0. The zero-order valence-electron chi connectivity index (χ0n) is 17.0. The van der Waals surface area contributed by atoms with E-state index in [9.17, 15) is 0 Å². The molecule has 8 aliphatic carbocycles. The van der Waals surface area contributed by atoms with Crippen LogP contribution in [-0.4, -0.2) is 12.1 Å². The van der Waals surface area contributed by atoms with Gasteiger partial charge in [-0.3, -0.25) is 0 Å². The Hall–Kier alpha value is 0.250. The van der Waals surface area contributed by atoms with E-state index >= 15 is 0 Å². The van der Waals surface area contributed by atoms with Gasteiger partial charge in [0, 0.05) is 12.1 Å². The van der Waals surface area contributed by atoms with Crippen LogP contribution in [0.25, 0.3) is 0 Å². The Kier molecular flexibility index (Phi) is 4.31. The van der Waals surface area contributed by atoms with E-state index in [0.717, 1.165) is 47.6 Å². The van der Waals surface area contributed by atoms with Crippen LogP contribution in [0.1, 0.15) is 90.9 Å². The van der Waals surface area contributed by atoms with Crippen molar-refractivity contribution < 1.29 is 0 Å². The second-order valence-electron chi connectivity index (χ2n) is 12.2. The first-order chi connectivity index (χ1) is 12.0. The number of hydrogen-bond donors (Lipinski definition) is 1. The maximum atomic E-state index is 4.29. The lowest BCUT2D eigenvalue weighted by Crippen LogP contribution is -2.61. The largest absolute Gasteiger partial charge is 0.311 e. The lowest BCUT2D eigenvalue weighted by Gasteiger charge is -2.62. The predicted molar refractivity (Wildman–Crippen MR) is 111 cm³/mol. The molecule has 2 heteroatoms. The lowest BCUT2D eigenvalue weighted by molar-refractivity contribution is -0.0943. The van der Waals surface area contributed by atoms with Crippen molar-refractivity contribution in [1.82, 2.24) is 5.32 Å². The van der Waals surface area contributed by atoms with Crippen LogP contribution in [0, 0.1) is 46.3 Å². The molecule has 0 aromatic carbocycles. The highest BCUT2D eigenvalue weighted by Gasteiger charge is 2.56. The Morgan fingerprint density at radius 3 is 1.00 bits per heavy atom. The number of hydrogen-bond acceptors (Lipinski definition) is 1. The molecule has 0 amide bonds. The smallest absolute Gasteiger partial charge is 0.00982 e. The van der Waals surface area contributed by atoms with Gasteiger partial charge in [-0.15, -0.1) is 12.4 Å². The van der Waals surface area contributed by atoms with Crippen LogP contribution in [0.2, 0.25) is 0 Å². The molecule has 1 N–H and O–H groups in total. The van der Waals surface area contributed by atoms with Gasteiger partial charge in [-0.25, -0.2) is 0 Å². The quantitative estimate of drug-likeness (QED) is 0.614. The number of nitrogens with one attached hydrogen (secondary N) is 1. The SMILES string of the molecule is CC(NC(C)C12CC3CC(CC(C3)C1)C2)C12CC3CC(CC(C3)C1)C2.Cl. The summed E-state index contributed by atoms with van der Waals surface area (Å²) in [6, 6.07) is 1.51. The average Bonchev–Trinajstić information content (AvgIpc) is 2.52. The van der Waals surface area contributed by atoms with Crippen LogP contribution in [0.3, 0.4) is 0 Å². The van der Waals surface area contributed by atoms with Gasteiger partial charge in [0.15, 0.2) is 0 Å². The predicted octanol–water partition coefficient (Wildman–Crippen LogP) is 6.21. The van der Waals surface area contributed by atoms with Crippen LogP contribution >= 0.6 is 12.4 Å². The zero-order chi connectivity index (χ0) is 16.8. The van der Waals surface area contributed by atoms with E-state index in [1.54, 1.807) is 77.0 Å². The summed E-state index contributed by atoms with van der Waals surface area (Å²) in [6.45, 7) is 5.17. The van der Waals surface area contributed by atoms with Crippen molar-refractivity contribution in [1.29, 1.82) is 0 Å². The van der Waals surface area contributed by atoms with Crippen molar-refractivity contribution in [3.05, 3.63) is 0 Å². The van der Waals surface area contributed by atoms with Gasteiger partial charge >= 0.3 is 0 Å². The van der Waals surface area contributed by atoms with Gasteiger partial charge in [-0.05, 0) is 137 Å². The monoisotopic (exact) mass is 377 g/mol. The van der Waals surface area contributed by atoms with E-state index < -0.39 is 0 Å². The summed E-state index contributed by atoms with van der Waals surface area (Å²) in [5.41, 5.74) is 1.34. The van der Waals surface area contributed by atoms with Gasteiger partial charge in [0.05, 0.1) is 0 Å². The Morgan fingerprint density at radius 1 is 0.538 bits per heavy atom. The van der Waals surface area contributed by atoms with E-state index in [2.05, 4.69) is 19.2 Å². The first kappa shape index (κ1) is 18.3. The van der Waals surface area contributed by atoms with Crippen LogP contribution in [-0.2, 0) is 0 Å². The molecule has 0 aromatic rings. The van der Waals surface area contributed by atoms with Crippen LogP contribution in [0.4, 0.5) is 0 Å². The molecule has 148 valence electrons. The van der Waals surface area contributed by atoms with E-state index in [1.807, 2.05) is 0 Å². The molecule has 1 nitrogen and oxygen atoms in total. The lowest BCUT2D eigenvalue weighted by atomic mass is 9.46. The Bertz CT molecular complexity index is 436. The molecule has 8 aliphatic rings. The summed E-state index contributed by atoms with van der Waals surface area (Å²) in [4.78, 5) is 0. The van der Waals surface area contributed by atoms with Gasteiger partial charge in [0.1, 0.15) is 0 Å². The van der Waals surface area contributed by atoms with Crippen molar-refractivity contribution in [2.45, 2.75) is 103 Å². The van der Waals surface area contributed by atoms with Crippen LogP contribution in [0.5, 0.6) is 0 Å². The highest BCUT2D eigenvalue weighted by Crippen LogP contribution is 2.63. The third-order valence-electron chi connectivity index (χ3n) is 10.5. The van der Waals surface area contributed by atoms with Crippen molar-refractivity contribution >= 4 is 12.4 Å². The third-order valence-corrected chi connectivity index (χ3v) is 10.5. The molecule has 8 rings (SSSR count). The maximum Gasteiger partial charge on any atom is 0.00982 e. The molecule has 8 saturated carbocycles. The summed E-state index contributed by atoms with van der Waals surface area (Å²) in [7, 11) is 0. The highest BCUT2D eigenvalue weighted by molar-refractivity contribution is 5.85. The van der Waals surface area contributed by atoms with Crippen LogP contribution in [0.15, 0.2) is 0 Å². The van der Waals surface area contributed by atoms with E-state index in [0.29, 0.717) is 10.8 Å². The van der Waals surface area contributed by atoms with Crippen molar-refractivity contribution in [2.75, 3.05) is 0 Å². The highest BCUT2D eigenvalue weighted by atomic mass is 35.5. The molecule has 0 heterocycles. The Balaban J connectivity index is 0.00000150. The Labute approximate surface area is 167 Å². The molecule has 0 aromatic heterocycles. The van der Waals surface area contributed by atoms with Gasteiger partial charge in [-0.1, -0.05) is 0 Å². The molecule has 8 bridgehead atoms. The average molecular weight is 378 g/mol. The van der Waals surface area contributed by atoms with Crippen molar-refractivity contribution in [3.63, 3.8) is 0 Å². The van der Waals surface area contributed by atoms with Gasteiger partial charge < -0.3 is 5.32 Å². The molecule has 26 heavy (non-hydrogen) atoms. The standard InChI is InChI=1S/C24H39N.ClH/c1-15(23-9-17-3-18(10-23)5-19(4-17)11-23)25-16(2)24-12-20-6-21(13-24)8-22(7-20)14-24;/h15-22,25H,3-14H2,1-2H3;1H. The van der Waals surface area contributed by atoms with E-state index in [4.69, 9.17) is 0 Å². The first-order valence-corrected chi connectivity index (χ1v) is 11.8. The minimum Gasteiger partial charge on any atom is -0.311 e. The minimum atomic E-state index is 0. The second-order valence-corrected chi connectivity index (χ2v) is 12.2.